The number of carbonyl (C=O) groups is 1. The summed E-state index contributed by atoms with van der Waals surface area (Å²) in [6, 6.07) is 8.36. The highest BCUT2D eigenvalue weighted by atomic mass is 16.5. The number of rotatable bonds is 7. The SMILES string of the molecule is Cc1ccccc1[C@H]1C[C@H]1C(=O)NCCCOC(C)C. The predicted molar refractivity (Wildman–Crippen MR) is 80.7 cm³/mol. The number of aryl methyl sites for hydroxylation is 1. The molecule has 1 saturated carbocycles. The lowest BCUT2D eigenvalue weighted by atomic mass is 10.0. The normalized spacial score (nSPS) is 21.0. The lowest BCUT2D eigenvalue weighted by molar-refractivity contribution is -0.122. The van der Waals surface area contributed by atoms with Gasteiger partial charge in [0.25, 0.3) is 0 Å². The molecule has 1 aliphatic rings. The summed E-state index contributed by atoms with van der Waals surface area (Å²) >= 11 is 0. The molecule has 0 heterocycles. The van der Waals surface area contributed by atoms with Gasteiger partial charge in [-0.1, -0.05) is 24.3 Å². The largest absolute Gasteiger partial charge is 0.379 e. The smallest absolute Gasteiger partial charge is 0.223 e. The van der Waals surface area contributed by atoms with Crippen molar-refractivity contribution < 1.29 is 9.53 Å². The maximum atomic E-state index is 12.0. The summed E-state index contributed by atoms with van der Waals surface area (Å²) in [5.74, 6) is 0.785. The number of hydrogen-bond acceptors (Lipinski definition) is 2. The minimum Gasteiger partial charge on any atom is -0.379 e. The lowest BCUT2D eigenvalue weighted by Crippen LogP contribution is -2.27. The zero-order chi connectivity index (χ0) is 14.5. The molecule has 1 aromatic rings. The van der Waals surface area contributed by atoms with Crippen LogP contribution in [-0.2, 0) is 9.53 Å². The Bertz CT molecular complexity index is 456. The first kappa shape index (κ1) is 15.0. The number of nitrogens with one attached hydrogen (secondary N) is 1. The van der Waals surface area contributed by atoms with Gasteiger partial charge < -0.3 is 10.1 Å². The third kappa shape index (κ3) is 4.07. The van der Waals surface area contributed by atoms with Gasteiger partial charge >= 0.3 is 0 Å². The summed E-state index contributed by atoms with van der Waals surface area (Å²) in [6.07, 6.45) is 2.13. The van der Waals surface area contributed by atoms with Crippen LogP contribution < -0.4 is 5.32 Å². The Morgan fingerprint density at radius 2 is 2.15 bits per heavy atom. The first-order valence-electron chi connectivity index (χ1n) is 7.54. The fourth-order valence-corrected chi connectivity index (χ4v) is 2.57. The van der Waals surface area contributed by atoms with Crippen LogP contribution in [0.2, 0.25) is 0 Å². The Labute approximate surface area is 121 Å². The summed E-state index contributed by atoms with van der Waals surface area (Å²) in [7, 11) is 0. The van der Waals surface area contributed by atoms with E-state index >= 15 is 0 Å². The van der Waals surface area contributed by atoms with Crippen molar-refractivity contribution in [1.29, 1.82) is 0 Å². The second kappa shape index (κ2) is 6.89. The van der Waals surface area contributed by atoms with Crippen molar-refractivity contribution in [3.63, 3.8) is 0 Å². The molecule has 1 aromatic carbocycles. The molecule has 1 amide bonds. The Morgan fingerprint density at radius 1 is 1.40 bits per heavy atom. The van der Waals surface area contributed by atoms with E-state index in [-0.39, 0.29) is 17.9 Å². The Morgan fingerprint density at radius 3 is 2.85 bits per heavy atom. The Kier molecular flexibility index (Phi) is 5.18. The van der Waals surface area contributed by atoms with Crippen LogP contribution in [0.25, 0.3) is 0 Å². The molecule has 2 atom stereocenters. The molecule has 110 valence electrons. The molecule has 2 rings (SSSR count). The van der Waals surface area contributed by atoms with E-state index in [1.54, 1.807) is 0 Å². The van der Waals surface area contributed by atoms with Gasteiger partial charge in [0.2, 0.25) is 5.91 Å². The molecule has 0 unspecified atom stereocenters. The molecule has 1 fully saturated rings. The zero-order valence-corrected chi connectivity index (χ0v) is 12.7. The van der Waals surface area contributed by atoms with Gasteiger partial charge in [0.15, 0.2) is 0 Å². The molecule has 0 aromatic heterocycles. The average molecular weight is 275 g/mol. The monoisotopic (exact) mass is 275 g/mol. The van der Waals surface area contributed by atoms with Crippen molar-refractivity contribution in [2.45, 2.75) is 45.6 Å². The van der Waals surface area contributed by atoms with Gasteiger partial charge in [-0.15, -0.1) is 0 Å². The average Bonchev–Trinajstić information content (AvgIpc) is 3.18. The summed E-state index contributed by atoms with van der Waals surface area (Å²) in [6.45, 7) is 7.59. The zero-order valence-electron chi connectivity index (χ0n) is 12.7. The van der Waals surface area contributed by atoms with Crippen LogP contribution in [0.4, 0.5) is 0 Å². The highest BCUT2D eigenvalue weighted by molar-refractivity contribution is 5.82. The minimum atomic E-state index is 0.169. The second-order valence-electron chi connectivity index (χ2n) is 5.87. The Balaban J connectivity index is 1.70. The van der Waals surface area contributed by atoms with Crippen molar-refractivity contribution in [3.8, 4) is 0 Å². The van der Waals surface area contributed by atoms with Crippen molar-refractivity contribution in [1.82, 2.24) is 5.32 Å². The highest BCUT2D eigenvalue weighted by Crippen LogP contribution is 2.48. The number of ether oxygens (including phenoxy) is 1. The van der Waals surface area contributed by atoms with Crippen molar-refractivity contribution in [3.05, 3.63) is 35.4 Å². The van der Waals surface area contributed by atoms with Crippen LogP contribution >= 0.6 is 0 Å². The van der Waals surface area contributed by atoms with Gasteiger partial charge in [-0.25, -0.2) is 0 Å². The fraction of sp³-hybridized carbons (Fsp3) is 0.588. The van der Waals surface area contributed by atoms with Crippen LogP contribution in [0.1, 0.15) is 43.7 Å². The number of amides is 1. The molecule has 0 aliphatic heterocycles. The van der Waals surface area contributed by atoms with E-state index in [2.05, 4.69) is 30.4 Å². The molecule has 1 N–H and O–H groups in total. The minimum absolute atomic E-state index is 0.169. The van der Waals surface area contributed by atoms with Crippen molar-refractivity contribution in [2.75, 3.05) is 13.2 Å². The number of benzene rings is 1. The quantitative estimate of drug-likeness (QED) is 0.777. The van der Waals surface area contributed by atoms with Gasteiger partial charge in [0.05, 0.1) is 6.10 Å². The first-order valence-corrected chi connectivity index (χ1v) is 7.54. The Hall–Kier alpha value is -1.35. The summed E-state index contributed by atoms with van der Waals surface area (Å²) in [4.78, 5) is 12.0. The molecular weight excluding hydrogens is 250 g/mol. The van der Waals surface area contributed by atoms with Crippen molar-refractivity contribution >= 4 is 5.91 Å². The molecule has 20 heavy (non-hydrogen) atoms. The summed E-state index contributed by atoms with van der Waals surface area (Å²) < 4.78 is 5.45. The van der Waals surface area contributed by atoms with Gasteiger partial charge in [-0.3, -0.25) is 4.79 Å². The molecule has 0 bridgehead atoms. The van der Waals surface area contributed by atoms with E-state index < -0.39 is 0 Å². The highest BCUT2D eigenvalue weighted by Gasteiger charge is 2.44. The topological polar surface area (TPSA) is 38.3 Å². The molecule has 3 nitrogen and oxygen atoms in total. The lowest BCUT2D eigenvalue weighted by Gasteiger charge is -2.08. The number of hydrogen-bond donors (Lipinski definition) is 1. The van der Waals surface area contributed by atoms with Gasteiger partial charge in [-0.05, 0) is 50.7 Å². The van der Waals surface area contributed by atoms with E-state index in [9.17, 15) is 4.79 Å². The van der Waals surface area contributed by atoms with E-state index in [1.165, 1.54) is 11.1 Å². The molecular formula is C17H25NO2. The van der Waals surface area contributed by atoms with E-state index in [1.807, 2.05) is 19.9 Å². The molecule has 1 aliphatic carbocycles. The first-order chi connectivity index (χ1) is 9.59. The van der Waals surface area contributed by atoms with Crippen LogP contribution in [0, 0.1) is 12.8 Å². The second-order valence-corrected chi connectivity index (χ2v) is 5.87. The van der Waals surface area contributed by atoms with Crippen molar-refractivity contribution in [2.24, 2.45) is 5.92 Å². The van der Waals surface area contributed by atoms with Crippen LogP contribution in [0.5, 0.6) is 0 Å². The predicted octanol–water partition coefficient (Wildman–Crippen LogP) is 3.03. The van der Waals surface area contributed by atoms with Crippen LogP contribution in [0.15, 0.2) is 24.3 Å². The van der Waals surface area contributed by atoms with Gasteiger partial charge in [-0.2, -0.15) is 0 Å². The molecule has 0 radical (unpaired) electrons. The maximum Gasteiger partial charge on any atom is 0.223 e. The van der Waals surface area contributed by atoms with Crippen LogP contribution in [0.3, 0.4) is 0 Å². The van der Waals surface area contributed by atoms with E-state index in [4.69, 9.17) is 4.74 Å². The third-order valence-corrected chi connectivity index (χ3v) is 3.79. The van der Waals surface area contributed by atoms with E-state index in [0.29, 0.717) is 19.1 Å². The van der Waals surface area contributed by atoms with E-state index in [0.717, 1.165) is 12.8 Å². The molecule has 0 spiro atoms. The standard InChI is InChI=1S/C17H25NO2/c1-12(2)20-10-6-9-18-17(19)16-11-15(16)14-8-5-4-7-13(14)3/h4-5,7-8,12,15-16H,6,9-11H2,1-3H3,(H,18,19)/t15-,16-/m1/s1. The third-order valence-electron chi connectivity index (χ3n) is 3.79. The maximum absolute atomic E-state index is 12.0. The molecule has 0 saturated heterocycles. The van der Waals surface area contributed by atoms with Gasteiger partial charge in [0.1, 0.15) is 0 Å². The summed E-state index contributed by atoms with van der Waals surface area (Å²) in [5, 5.41) is 3.02. The number of carbonyl (C=O) groups excluding carboxylic acids is 1. The fourth-order valence-electron chi connectivity index (χ4n) is 2.57. The van der Waals surface area contributed by atoms with Gasteiger partial charge in [0, 0.05) is 19.1 Å². The summed E-state index contributed by atoms with van der Waals surface area (Å²) in [5.41, 5.74) is 2.62. The molecule has 3 heteroatoms. The van der Waals surface area contributed by atoms with Crippen LogP contribution in [-0.4, -0.2) is 25.2 Å².